The summed E-state index contributed by atoms with van der Waals surface area (Å²) in [7, 11) is 1.65. The third-order valence-corrected chi connectivity index (χ3v) is 5.39. The van der Waals surface area contributed by atoms with Crippen molar-refractivity contribution in [3.8, 4) is 17.0 Å². The maximum absolute atomic E-state index is 12.1. The fourth-order valence-corrected chi connectivity index (χ4v) is 3.81. The molecule has 0 aliphatic heterocycles. The van der Waals surface area contributed by atoms with Crippen molar-refractivity contribution < 1.29 is 19.4 Å². The van der Waals surface area contributed by atoms with Gasteiger partial charge in [-0.1, -0.05) is 18.2 Å². The molecule has 162 valence electrons. The Balaban J connectivity index is 0.000000289. The Hall–Kier alpha value is -3.42. The van der Waals surface area contributed by atoms with E-state index in [2.05, 4.69) is 11.4 Å². The van der Waals surface area contributed by atoms with E-state index >= 15 is 0 Å². The number of amides is 1. The van der Waals surface area contributed by atoms with Crippen molar-refractivity contribution in [2.45, 2.75) is 51.5 Å². The number of hydrogen-bond acceptors (Lipinski definition) is 5. The molecule has 0 radical (unpaired) electrons. The van der Waals surface area contributed by atoms with Crippen LogP contribution in [0.3, 0.4) is 0 Å². The van der Waals surface area contributed by atoms with E-state index in [0.717, 1.165) is 58.9 Å². The van der Waals surface area contributed by atoms with Gasteiger partial charge in [0.1, 0.15) is 0 Å². The third-order valence-electron chi connectivity index (χ3n) is 5.39. The average Bonchev–Trinajstić information content (AvgIpc) is 3.37. The average molecular weight is 422 g/mol. The van der Waals surface area contributed by atoms with Crippen LogP contribution in [0.1, 0.15) is 60.8 Å². The van der Waals surface area contributed by atoms with Crippen molar-refractivity contribution in [3.63, 3.8) is 0 Å². The molecule has 2 N–H and O–H groups in total. The monoisotopic (exact) mass is 422 g/mol. The smallest absolute Gasteiger partial charge is 0.404 e. The first-order valence-corrected chi connectivity index (χ1v) is 10.5. The Kier molecular flexibility index (Phi) is 5.63. The van der Waals surface area contributed by atoms with Crippen molar-refractivity contribution in [2.24, 2.45) is 0 Å². The van der Waals surface area contributed by atoms with Crippen LogP contribution in [0.4, 0.5) is 4.79 Å². The van der Waals surface area contributed by atoms with Crippen LogP contribution in [-0.2, 0) is 6.42 Å². The van der Waals surface area contributed by atoms with Gasteiger partial charge in [0, 0.05) is 29.5 Å². The molecule has 5 rings (SSSR count). The van der Waals surface area contributed by atoms with Crippen LogP contribution in [0, 0.1) is 0 Å². The van der Waals surface area contributed by atoms with Gasteiger partial charge >= 0.3 is 6.09 Å². The normalized spacial score (nSPS) is 14.9. The van der Waals surface area contributed by atoms with E-state index in [9.17, 15) is 9.59 Å². The molecular weight excluding hydrogens is 396 g/mol. The van der Waals surface area contributed by atoms with E-state index in [4.69, 9.17) is 19.9 Å². The molecule has 8 nitrogen and oxygen atoms in total. The van der Waals surface area contributed by atoms with Gasteiger partial charge in [0.2, 0.25) is 0 Å². The summed E-state index contributed by atoms with van der Waals surface area (Å²) in [5.74, 6) is 2.32. The lowest BCUT2D eigenvalue weighted by Gasteiger charge is -2.11. The number of aromatic nitrogens is 3. The van der Waals surface area contributed by atoms with Crippen molar-refractivity contribution in [1.82, 2.24) is 19.9 Å². The van der Waals surface area contributed by atoms with Crippen molar-refractivity contribution >= 4 is 17.5 Å². The molecule has 1 fully saturated rings. The second kappa shape index (κ2) is 8.37. The fraction of sp³-hybridized carbons (Fsp3) is 0.391. The molecule has 0 bridgehead atoms. The molecule has 0 saturated heterocycles. The second-order valence-corrected chi connectivity index (χ2v) is 8.13. The van der Waals surface area contributed by atoms with Gasteiger partial charge in [-0.3, -0.25) is 4.79 Å². The predicted octanol–water partition coefficient (Wildman–Crippen LogP) is 4.07. The molecule has 31 heavy (non-hydrogen) atoms. The molecule has 2 aliphatic carbocycles. The van der Waals surface area contributed by atoms with E-state index in [-0.39, 0.29) is 11.8 Å². The van der Waals surface area contributed by atoms with E-state index in [0.29, 0.717) is 12.3 Å². The zero-order valence-corrected chi connectivity index (χ0v) is 17.9. The van der Waals surface area contributed by atoms with Gasteiger partial charge in [-0.15, -0.1) is 0 Å². The number of nitrogens with zero attached hydrogens (tertiary/aromatic N) is 3. The number of fused-ring (bicyclic) bond motifs is 2. The van der Waals surface area contributed by atoms with Gasteiger partial charge in [0.15, 0.2) is 23.0 Å². The predicted molar refractivity (Wildman–Crippen MR) is 116 cm³/mol. The number of pyridine rings is 1. The Bertz CT molecular complexity index is 1150. The highest BCUT2D eigenvalue weighted by Crippen LogP contribution is 2.40. The molecular formula is C23H26N4O4. The summed E-state index contributed by atoms with van der Waals surface area (Å²) in [6, 6.07) is 9.91. The van der Waals surface area contributed by atoms with Crippen LogP contribution >= 0.6 is 0 Å². The Morgan fingerprint density at radius 3 is 2.55 bits per heavy atom. The summed E-state index contributed by atoms with van der Waals surface area (Å²) >= 11 is 0. The first-order valence-electron chi connectivity index (χ1n) is 10.5. The summed E-state index contributed by atoms with van der Waals surface area (Å²) in [6.45, 7) is 3.54. The maximum Gasteiger partial charge on any atom is 0.404 e. The van der Waals surface area contributed by atoms with E-state index < -0.39 is 6.09 Å². The number of nitrogens with one attached hydrogen (secondary N) is 1. The molecule has 0 atom stereocenters. The number of rotatable bonds is 4. The molecule has 3 aromatic rings. The lowest BCUT2D eigenvalue weighted by molar-refractivity contribution is 0.0994. The molecule has 8 heteroatoms. The highest BCUT2D eigenvalue weighted by molar-refractivity contribution is 6.02. The fourth-order valence-electron chi connectivity index (χ4n) is 3.81. The molecule has 1 amide bonds. The van der Waals surface area contributed by atoms with E-state index in [1.54, 1.807) is 21.0 Å². The Morgan fingerprint density at radius 1 is 1.19 bits per heavy atom. The van der Waals surface area contributed by atoms with Crippen molar-refractivity contribution in [3.05, 3.63) is 47.3 Å². The molecule has 2 aliphatic rings. The van der Waals surface area contributed by atoms with Crippen LogP contribution in [0.2, 0.25) is 0 Å². The van der Waals surface area contributed by atoms with Gasteiger partial charge < -0.3 is 15.2 Å². The van der Waals surface area contributed by atoms with Gasteiger partial charge in [0.25, 0.3) is 0 Å². The maximum atomic E-state index is 12.1. The van der Waals surface area contributed by atoms with Crippen LogP contribution in [0.5, 0.6) is 5.75 Å². The highest BCUT2D eigenvalue weighted by Gasteiger charge is 2.30. The quantitative estimate of drug-likeness (QED) is 0.656. The molecule has 1 aromatic carbocycles. The van der Waals surface area contributed by atoms with Gasteiger partial charge in [-0.25, -0.2) is 14.3 Å². The Morgan fingerprint density at radius 2 is 1.94 bits per heavy atom. The number of benzene rings is 1. The number of Topliss-reactive ketones (excluding diaryl/α,β-unsaturated/α-hetero) is 1. The first kappa shape index (κ1) is 20.8. The van der Waals surface area contributed by atoms with Crippen molar-refractivity contribution in [1.29, 1.82) is 0 Å². The van der Waals surface area contributed by atoms with E-state index in [1.165, 1.54) is 0 Å². The molecule has 2 heterocycles. The molecule has 2 aromatic heterocycles. The zero-order valence-electron chi connectivity index (χ0n) is 17.9. The van der Waals surface area contributed by atoms with Crippen LogP contribution in [0.25, 0.3) is 16.9 Å². The topological polar surface area (TPSA) is 106 Å². The van der Waals surface area contributed by atoms with Crippen LogP contribution < -0.4 is 10.1 Å². The summed E-state index contributed by atoms with van der Waals surface area (Å²) in [4.78, 5) is 26.5. The first-order chi connectivity index (χ1) is 14.9. The van der Waals surface area contributed by atoms with Crippen molar-refractivity contribution in [2.75, 3.05) is 7.11 Å². The summed E-state index contributed by atoms with van der Waals surface area (Å²) in [6.07, 6.45) is 2.74. The summed E-state index contributed by atoms with van der Waals surface area (Å²) < 4.78 is 7.34. The number of methoxy groups -OCH3 is 1. The van der Waals surface area contributed by atoms with Gasteiger partial charge in [-0.05, 0) is 50.8 Å². The molecule has 0 spiro atoms. The van der Waals surface area contributed by atoms with Crippen LogP contribution in [-0.4, -0.2) is 44.7 Å². The summed E-state index contributed by atoms with van der Waals surface area (Å²) in [5, 5.41) is 14.9. The number of ether oxygens (including phenoxy) is 1. The SMILES string of the molecule is CC(C)NC(=O)O.COc1ccc(-c2cccc3c2CCC3=O)n2nc(C3CC3)nc12. The molecule has 0 unspecified atom stereocenters. The number of hydrogen-bond donors (Lipinski definition) is 2. The minimum absolute atomic E-state index is 0.0255. The number of carbonyl (C=O) groups excluding carboxylic acids is 1. The van der Waals surface area contributed by atoms with Crippen LogP contribution in [0.15, 0.2) is 30.3 Å². The van der Waals surface area contributed by atoms with Gasteiger partial charge in [-0.2, -0.15) is 5.10 Å². The number of carbonyl (C=O) groups is 2. The lowest BCUT2D eigenvalue weighted by Crippen LogP contribution is -2.27. The standard InChI is InChI=1S/C19H17N3O2.C4H9NO2/c1-24-17-10-8-15(22-19(17)20-18(21-22)11-5-6-11)13-3-2-4-14-12(13)7-9-16(14)23;1-3(2)5-4(6)7/h2-4,8,10-11H,5-7,9H2,1H3;3,5H,1-2H3,(H,6,7). The lowest BCUT2D eigenvalue weighted by atomic mass is 10.00. The summed E-state index contributed by atoms with van der Waals surface area (Å²) in [5.41, 5.74) is 4.75. The minimum atomic E-state index is -0.963. The third kappa shape index (κ3) is 4.23. The Labute approximate surface area is 180 Å². The highest BCUT2D eigenvalue weighted by atomic mass is 16.5. The van der Waals surface area contributed by atoms with E-state index in [1.807, 2.05) is 28.8 Å². The second-order valence-electron chi connectivity index (χ2n) is 8.13. The number of carboxylic acid groups (broad SMARTS) is 1. The van der Waals surface area contributed by atoms with Gasteiger partial charge in [0.05, 0.1) is 12.8 Å². The largest absolute Gasteiger partial charge is 0.493 e. The molecule has 1 saturated carbocycles. The number of ketones is 1. The zero-order chi connectivity index (χ0) is 22.1. The minimum Gasteiger partial charge on any atom is -0.493 e.